The topological polar surface area (TPSA) is 61.8 Å². The van der Waals surface area contributed by atoms with Crippen LogP contribution in [0.2, 0.25) is 0 Å². The molecule has 15 heavy (non-hydrogen) atoms. The van der Waals surface area contributed by atoms with Crippen LogP contribution < -0.4 is 0 Å². The van der Waals surface area contributed by atoms with Crippen LogP contribution in [0.3, 0.4) is 0 Å². The number of hydrogen-bond donors (Lipinski definition) is 0. The van der Waals surface area contributed by atoms with E-state index in [1.54, 1.807) is 0 Å². The highest BCUT2D eigenvalue weighted by Gasteiger charge is 2.61. The summed E-state index contributed by atoms with van der Waals surface area (Å²) in [5.41, 5.74) is -1.24. The van der Waals surface area contributed by atoms with Crippen LogP contribution in [0.5, 0.6) is 0 Å². The molecule has 0 amide bonds. The molecule has 0 heterocycles. The van der Waals surface area contributed by atoms with Crippen LogP contribution in [-0.4, -0.2) is 38.9 Å². The Bertz CT molecular complexity index is 245. The van der Waals surface area contributed by atoms with E-state index in [-0.39, 0.29) is 0 Å². The minimum Gasteiger partial charge on any atom is -0.468 e. The number of carbonyl (C=O) groups is 2. The van der Waals surface area contributed by atoms with E-state index >= 15 is 0 Å². The van der Waals surface area contributed by atoms with Gasteiger partial charge in [-0.3, -0.25) is 9.59 Å². The van der Waals surface area contributed by atoms with Gasteiger partial charge in [-0.05, 0) is 19.8 Å². The van der Waals surface area contributed by atoms with Crippen molar-refractivity contribution < 1.29 is 23.8 Å². The number of carbonyl (C=O) groups excluding carboxylic acids is 2. The zero-order valence-electron chi connectivity index (χ0n) is 9.24. The van der Waals surface area contributed by atoms with E-state index < -0.39 is 23.5 Å². The Hall–Kier alpha value is -1.10. The highest BCUT2D eigenvalue weighted by Crippen LogP contribution is 2.45. The van der Waals surface area contributed by atoms with Crippen LogP contribution >= 0.6 is 0 Å². The van der Waals surface area contributed by atoms with E-state index in [0.717, 1.165) is 0 Å². The summed E-state index contributed by atoms with van der Waals surface area (Å²) in [7, 11) is 2.52. The van der Waals surface area contributed by atoms with Crippen molar-refractivity contribution in [3.63, 3.8) is 0 Å². The molecule has 0 spiro atoms. The van der Waals surface area contributed by atoms with Gasteiger partial charge in [0.05, 0.1) is 20.3 Å². The smallest absolute Gasteiger partial charge is 0.325 e. The first kappa shape index (κ1) is 12.0. The van der Waals surface area contributed by atoms with Crippen molar-refractivity contribution in [1.82, 2.24) is 0 Å². The molecule has 1 aliphatic carbocycles. The summed E-state index contributed by atoms with van der Waals surface area (Å²) in [5.74, 6) is -1.14. The third-order valence-electron chi connectivity index (χ3n) is 2.82. The van der Waals surface area contributed by atoms with Gasteiger partial charge in [-0.1, -0.05) is 0 Å². The van der Waals surface area contributed by atoms with Gasteiger partial charge in [0.25, 0.3) is 0 Å². The van der Waals surface area contributed by atoms with Crippen LogP contribution in [0.15, 0.2) is 0 Å². The molecule has 0 bridgehead atoms. The average molecular weight is 216 g/mol. The summed E-state index contributed by atoms with van der Waals surface area (Å²) in [5, 5.41) is 0. The first-order valence-electron chi connectivity index (χ1n) is 4.91. The molecule has 0 aliphatic heterocycles. The molecular weight excluding hydrogens is 200 g/mol. The molecule has 1 atom stereocenters. The van der Waals surface area contributed by atoms with Crippen LogP contribution in [0.1, 0.15) is 19.8 Å². The number of ether oxygens (including phenoxy) is 3. The fraction of sp³-hybridized carbons (Fsp3) is 0.800. The SMILES string of the molecule is CCOC1CCC1(C(=O)OC)C(=O)OC. The zero-order valence-corrected chi connectivity index (χ0v) is 9.24. The highest BCUT2D eigenvalue weighted by atomic mass is 16.6. The lowest BCUT2D eigenvalue weighted by molar-refractivity contribution is -0.196. The Kier molecular flexibility index (Phi) is 3.68. The second-order valence-electron chi connectivity index (χ2n) is 3.44. The number of hydrogen-bond acceptors (Lipinski definition) is 5. The predicted octanol–water partition coefficient (Wildman–Crippen LogP) is 0.518. The second-order valence-corrected chi connectivity index (χ2v) is 3.44. The maximum absolute atomic E-state index is 11.6. The third-order valence-corrected chi connectivity index (χ3v) is 2.82. The molecule has 1 unspecified atom stereocenters. The average Bonchev–Trinajstić information content (AvgIpc) is 2.24. The maximum Gasteiger partial charge on any atom is 0.325 e. The van der Waals surface area contributed by atoms with Crippen LogP contribution in [0.25, 0.3) is 0 Å². The summed E-state index contributed by atoms with van der Waals surface area (Å²) in [6.07, 6.45) is 0.692. The van der Waals surface area contributed by atoms with Gasteiger partial charge >= 0.3 is 11.9 Å². The van der Waals surface area contributed by atoms with Crippen molar-refractivity contribution in [2.24, 2.45) is 5.41 Å². The maximum atomic E-state index is 11.6. The Morgan fingerprint density at radius 2 is 1.80 bits per heavy atom. The summed E-state index contributed by atoms with van der Waals surface area (Å²) >= 11 is 0. The predicted molar refractivity (Wildman–Crippen MR) is 51.1 cm³/mol. The van der Waals surface area contributed by atoms with Gasteiger partial charge < -0.3 is 14.2 Å². The van der Waals surface area contributed by atoms with Crippen molar-refractivity contribution in [3.8, 4) is 0 Å². The normalized spacial score (nSPS) is 22.7. The molecule has 0 aromatic rings. The summed E-state index contributed by atoms with van der Waals surface area (Å²) in [6.45, 7) is 2.28. The van der Waals surface area contributed by atoms with E-state index in [4.69, 9.17) is 4.74 Å². The van der Waals surface area contributed by atoms with Gasteiger partial charge in [-0.25, -0.2) is 0 Å². The van der Waals surface area contributed by atoms with Crippen molar-refractivity contribution in [3.05, 3.63) is 0 Å². The summed E-state index contributed by atoms with van der Waals surface area (Å²) < 4.78 is 14.6. The third kappa shape index (κ3) is 1.71. The lowest BCUT2D eigenvalue weighted by atomic mass is 9.66. The van der Waals surface area contributed by atoms with Gasteiger partial charge in [-0.15, -0.1) is 0 Å². The molecule has 0 aromatic carbocycles. The number of methoxy groups -OCH3 is 2. The fourth-order valence-corrected chi connectivity index (χ4v) is 1.89. The van der Waals surface area contributed by atoms with E-state index in [0.29, 0.717) is 19.4 Å². The first-order valence-corrected chi connectivity index (χ1v) is 4.91. The molecule has 1 rings (SSSR count). The molecule has 0 N–H and O–H groups in total. The summed E-state index contributed by atoms with van der Waals surface area (Å²) in [4.78, 5) is 23.2. The van der Waals surface area contributed by atoms with Gasteiger partial charge in [0, 0.05) is 6.61 Å². The largest absolute Gasteiger partial charge is 0.468 e. The molecule has 1 aliphatic rings. The first-order chi connectivity index (χ1) is 7.13. The van der Waals surface area contributed by atoms with Crippen molar-refractivity contribution in [1.29, 1.82) is 0 Å². The molecule has 5 heteroatoms. The molecular formula is C10H16O5. The Labute approximate surface area is 88.7 Å². The summed E-state index contributed by atoms with van der Waals surface area (Å²) in [6, 6.07) is 0. The molecule has 0 radical (unpaired) electrons. The standard InChI is InChI=1S/C10H16O5/c1-4-15-7-5-6-10(7,8(11)13-2)9(12)14-3/h7H,4-6H2,1-3H3. The van der Waals surface area contributed by atoms with Gasteiger partial charge in [-0.2, -0.15) is 0 Å². The van der Waals surface area contributed by atoms with E-state index in [1.165, 1.54) is 14.2 Å². The zero-order chi connectivity index (χ0) is 11.5. The molecule has 0 saturated heterocycles. The number of rotatable bonds is 4. The number of esters is 2. The lowest BCUT2D eigenvalue weighted by Crippen LogP contribution is -2.58. The minimum absolute atomic E-state index is 0.414. The quantitative estimate of drug-likeness (QED) is 0.506. The second kappa shape index (κ2) is 4.61. The fourth-order valence-electron chi connectivity index (χ4n) is 1.89. The van der Waals surface area contributed by atoms with Crippen molar-refractivity contribution in [2.75, 3.05) is 20.8 Å². The van der Waals surface area contributed by atoms with Crippen molar-refractivity contribution in [2.45, 2.75) is 25.9 Å². The van der Waals surface area contributed by atoms with E-state index in [1.807, 2.05) is 6.92 Å². The Morgan fingerprint density at radius 1 is 1.27 bits per heavy atom. The highest BCUT2D eigenvalue weighted by molar-refractivity contribution is 6.02. The molecule has 1 fully saturated rings. The van der Waals surface area contributed by atoms with Gasteiger partial charge in [0.1, 0.15) is 0 Å². The van der Waals surface area contributed by atoms with Crippen molar-refractivity contribution >= 4 is 11.9 Å². The minimum atomic E-state index is -1.24. The van der Waals surface area contributed by atoms with Crippen LogP contribution in [0.4, 0.5) is 0 Å². The Morgan fingerprint density at radius 3 is 2.07 bits per heavy atom. The van der Waals surface area contributed by atoms with Crippen LogP contribution in [-0.2, 0) is 23.8 Å². The van der Waals surface area contributed by atoms with E-state index in [2.05, 4.69) is 9.47 Å². The van der Waals surface area contributed by atoms with Crippen LogP contribution in [0, 0.1) is 5.41 Å². The lowest BCUT2D eigenvalue weighted by Gasteiger charge is -2.43. The molecule has 0 aromatic heterocycles. The monoisotopic (exact) mass is 216 g/mol. The van der Waals surface area contributed by atoms with Gasteiger partial charge in [0.15, 0.2) is 5.41 Å². The molecule has 5 nitrogen and oxygen atoms in total. The molecule has 1 saturated carbocycles. The molecule has 86 valence electrons. The van der Waals surface area contributed by atoms with E-state index in [9.17, 15) is 9.59 Å². The Balaban J connectivity index is 2.87. The van der Waals surface area contributed by atoms with Gasteiger partial charge in [0.2, 0.25) is 0 Å².